The molecule has 106 valence electrons. The standard InChI is InChI=1S/C14H17N3O2S/c1-3-16(10-11-6-5-9-20-11)13-8-4-7-12(15-2)14(13)17(18)19/h4-9,15H,3,10H2,1-2H3. The van der Waals surface area contributed by atoms with Gasteiger partial charge in [-0.1, -0.05) is 12.1 Å². The Morgan fingerprint density at radius 3 is 2.70 bits per heavy atom. The second-order valence-corrected chi connectivity index (χ2v) is 5.31. The molecule has 20 heavy (non-hydrogen) atoms. The lowest BCUT2D eigenvalue weighted by atomic mass is 10.2. The number of anilines is 2. The Hall–Kier alpha value is -2.08. The van der Waals surface area contributed by atoms with Crippen LogP contribution in [0.25, 0.3) is 0 Å². The normalized spacial score (nSPS) is 10.3. The average Bonchev–Trinajstić information content (AvgIpc) is 2.96. The third-order valence-electron chi connectivity index (χ3n) is 3.12. The Morgan fingerprint density at radius 2 is 2.15 bits per heavy atom. The maximum Gasteiger partial charge on any atom is 0.315 e. The Morgan fingerprint density at radius 1 is 1.35 bits per heavy atom. The summed E-state index contributed by atoms with van der Waals surface area (Å²) < 4.78 is 0. The Balaban J connectivity index is 2.41. The number of nitro benzene ring substituents is 1. The monoisotopic (exact) mass is 291 g/mol. The largest absolute Gasteiger partial charge is 0.382 e. The molecule has 0 aliphatic rings. The predicted molar refractivity (Wildman–Crippen MR) is 83.7 cm³/mol. The van der Waals surface area contributed by atoms with E-state index in [1.807, 2.05) is 35.4 Å². The van der Waals surface area contributed by atoms with Crippen LogP contribution in [0.1, 0.15) is 11.8 Å². The van der Waals surface area contributed by atoms with Crippen LogP contribution in [0.3, 0.4) is 0 Å². The molecule has 0 unspecified atom stereocenters. The van der Waals surface area contributed by atoms with E-state index >= 15 is 0 Å². The van der Waals surface area contributed by atoms with Gasteiger partial charge in [-0.05, 0) is 30.5 Å². The highest BCUT2D eigenvalue weighted by atomic mass is 32.1. The fourth-order valence-corrected chi connectivity index (χ4v) is 2.86. The second kappa shape index (κ2) is 6.38. The smallest absolute Gasteiger partial charge is 0.315 e. The summed E-state index contributed by atoms with van der Waals surface area (Å²) in [4.78, 5) is 14.3. The Labute approximate surface area is 122 Å². The lowest BCUT2D eigenvalue weighted by Gasteiger charge is -2.23. The van der Waals surface area contributed by atoms with E-state index in [1.165, 1.54) is 4.88 Å². The van der Waals surface area contributed by atoms with Gasteiger partial charge in [0.1, 0.15) is 11.4 Å². The molecule has 0 spiro atoms. The van der Waals surface area contributed by atoms with Crippen LogP contribution in [0.4, 0.5) is 17.1 Å². The molecular formula is C14H17N3O2S. The lowest BCUT2D eigenvalue weighted by Crippen LogP contribution is -2.22. The Kier molecular flexibility index (Phi) is 4.57. The molecule has 0 bridgehead atoms. The first-order chi connectivity index (χ1) is 9.67. The lowest BCUT2D eigenvalue weighted by molar-refractivity contribution is -0.383. The van der Waals surface area contributed by atoms with E-state index in [0.717, 1.165) is 0 Å². The molecule has 0 saturated carbocycles. The van der Waals surface area contributed by atoms with Crippen LogP contribution in [0.5, 0.6) is 0 Å². The molecule has 0 fully saturated rings. The van der Waals surface area contributed by atoms with Crippen LogP contribution in [0.15, 0.2) is 35.7 Å². The molecule has 0 aliphatic heterocycles. The highest BCUT2D eigenvalue weighted by Gasteiger charge is 2.22. The molecule has 0 aliphatic carbocycles. The molecule has 1 aromatic heterocycles. The van der Waals surface area contributed by atoms with Crippen molar-refractivity contribution in [2.75, 3.05) is 23.8 Å². The number of para-hydroxylation sites is 1. The van der Waals surface area contributed by atoms with Crippen molar-refractivity contribution in [3.63, 3.8) is 0 Å². The van der Waals surface area contributed by atoms with E-state index in [-0.39, 0.29) is 10.6 Å². The maximum absolute atomic E-state index is 11.4. The molecular weight excluding hydrogens is 274 g/mol. The first kappa shape index (κ1) is 14.3. The van der Waals surface area contributed by atoms with Gasteiger partial charge < -0.3 is 10.2 Å². The van der Waals surface area contributed by atoms with Crippen molar-refractivity contribution in [2.45, 2.75) is 13.5 Å². The number of nitro groups is 1. The zero-order valence-electron chi connectivity index (χ0n) is 11.5. The molecule has 0 atom stereocenters. The number of thiophene rings is 1. The van der Waals surface area contributed by atoms with Gasteiger partial charge in [-0.3, -0.25) is 10.1 Å². The summed E-state index contributed by atoms with van der Waals surface area (Å²) in [5.74, 6) is 0. The summed E-state index contributed by atoms with van der Waals surface area (Å²) in [6, 6.07) is 9.40. The molecule has 0 radical (unpaired) electrons. The quantitative estimate of drug-likeness (QED) is 0.651. The van der Waals surface area contributed by atoms with Gasteiger partial charge in [0.05, 0.1) is 11.5 Å². The first-order valence-corrected chi connectivity index (χ1v) is 7.27. The molecule has 1 aromatic carbocycles. The number of hydrogen-bond donors (Lipinski definition) is 1. The van der Waals surface area contributed by atoms with Gasteiger partial charge in [0, 0.05) is 18.5 Å². The van der Waals surface area contributed by atoms with Crippen molar-refractivity contribution < 1.29 is 4.92 Å². The third kappa shape index (κ3) is 2.91. The molecule has 1 N–H and O–H groups in total. The fraction of sp³-hybridized carbons (Fsp3) is 0.286. The van der Waals surface area contributed by atoms with Crippen molar-refractivity contribution in [1.29, 1.82) is 0 Å². The molecule has 0 saturated heterocycles. The van der Waals surface area contributed by atoms with Crippen molar-refractivity contribution in [2.24, 2.45) is 0 Å². The average molecular weight is 291 g/mol. The number of nitrogens with one attached hydrogen (secondary N) is 1. The van der Waals surface area contributed by atoms with Crippen LogP contribution in [-0.2, 0) is 6.54 Å². The van der Waals surface area contributed by atoms with Gasteiger partial charge in [-0.25, -0.2) is 0 Å². The second-order valence-electron chi connectivity index (χ2n) is 4.27. The highest BCUT2D eigenvalue weighted by Crippen LogP contribution is 2.36. The summed E-state index contributed by atoms with van der Waals surface area (Å²) in [5, 5.41) is 16.3. The summed E-state index contributed by atoms with van der Waals surface area (Å²) in [6.45, 7) is 3.40. The minimum absolute atomic E-state index is 0.133. The van der Waals surface area contributed by atoms with Gasteiger partial charge in [0.2, 0.25) is 0 Å². The van der Waals surface area contributed by atoms with Crippen molar-refractivity contribution >= 4 is 28.4 Å². The van der Waals surface area contributed by atoms with Gasteiger partial charge in [0.25, 0.3) is 0 Å². The molecule has 2 aromatic rings. The van der Waals surface area contributed by atoms with Crippen LogP contribution in [0, 0.1) is 10.1 Å². The van der Waals surface area contributed by atoms with Gasteiger partial charge in [0.15, 0.2) is 0 Å². The zero-order valence-corrected chi connectivity index (χ0v) is 12.3. The van der Waals surface area contributed by atoms with Crippen LogP contribution in [-0.4, -0.2) is 18.5 Å². The third-order valence-corrected chi connectivity index (χ3v) is 3.98. The molecule has 5 nitrogen and oxygen atoms in total. The predicted octanol–water partition coefficient (Wildman–Crippen LogP) is 3.72. The minimum atomic E-state index is -0.321. The van der Waals surface area contributed by atoms with Crippen LogP contribution in [0.2, 0.25) is 0 Å². The summed E-state index contributed by atoms with van der Waals surface area (Å²) in [7, 11) is 1.70. The maximum atomic E-state index is 11.4. The number of nitrogens with zero attached hydrogens (tertiary/aromatic N) is 2. The fourth-order valence-electron chi connectivity index (χ4n) is 2.14. The molecule has 1 heterocycles. The van der Waals surface area contributed by atoms with Gasteiger partial charge >= 0.3 is 5.69 Å². The number of hydrogen-bond acceptors (Lipinski definition) is 5. The van der Waals surface area contributed by atoms with E-state index in [9.17, 15) is 10.1 Å². The van der Waals surface area contributed by atoms with Gasteiger partial charge in [-0.2, -0.15) is 0 Å². The van der Waals surface area contributed by atoms with E-state index in [1.54, 1.807) is 30.5 Å². The molecule has 0 amide bonds. The summed E-state index contributed by atoms with van der Waals surface area (Å²) in [6.07, 6.45) is 0. The van der Waals surface area contributed by atoms with E-state index < -0.39 is 0 Å². The van der Waals surface area contributed by atoms with Crippen molar-refractivity contribution in [1.82, 2.24) is 0 Å². The minimum Gasteiger partial charge on any atom is -0.382 e. The summed E-state index contributed by atoms with van der Waals surface area (Å²) >= 11 is 1.66. The van der Waals surface area contributed by atoms with Crippen molar-refractivity contribution in [3.8, 4) is 0 Å². The molecule has 2 rings (SSSR count). The molecule has 6 heteroatoms. The first-order valence-electron chi connectivity index (χ1n) is 6.39. The Bertz CT molecular complexity index is 584. The van der Waals surface area contributed by atoms with E-state index in [0.29, 0.717) is 24.5 Å². The number of rotatable bonds is 6. The highest BCUT2D eigenvalue weighted by molar-refractivity contribution is 7.09. The van der Waals surface area contributed by atoms with Crippen LogP contribution < -0.4 is 10.2 Å². The van der Waals surface area contributed by atoms with Crippen LogP contribution >= 0.6 is 11.3 Å². The number of benzene rings is 1. The zero-order chi connectivity index (χ0) is 14.5. The van der Waals surface area contributed by atoms with E-state index in [2.05, 4.69) is 5.32 Å². The van der Waals surface area contributed by atoms with Gasteiger partial charge in [-0.15, -0.1) is 11.3 Å². The topological polar surface area (TPSA) is 58.4 Å². The SMILES string of the molecule is CCN(Cc1cccs1)c1cccc(NC)c1[N+](=O)[O-]. The van der Waals surface area contributed by atoms with Crippen molar-refractivity contribution in [3.05, 3.63) is 50.7 Å². The summed E-state index contributed by atoms with van der Waals surface area (Å²) in [5.41, 5.74) is 1.32. The van der Waals surface area contributed by atoms with E-state index in [4.69, 9.17) is 0 Å².